The molecule has 0 amide bonds. The Morgan fingerprint density at radius 1 is 1.50 bits per heavy atom. The molecule has 0 bridgehead atoms. The van der Waals surface area contributed by atoms with E-state index in [4.69, 9.17) is 4.74 Å². The van der Waals surface area contributed by atoms with E-state index in [1.807, 2.05) is 0 Å². The van der Waals surface area contributed by atoms with Gasteiger partial charge in [-0.25, -0.2) is 4.98 Å². The zero-order valence-corrected chi connectivity index (χ0v) is 11.3. The minimum absolute atomic E-state index is 0.0139. The first-order valence-corrected chi connectivity index (χ1v) is 7.19. The van der Waals surface area contributed by atoms with E-state index in [1.54, 1.807) is 0 Å². The van der Waals surface area contributed by atoms with Crippen LogP contribution < -0.4 is 0 Å². The van der Waals surface area contributed by atoms with E-state index < -0.39 is 23.1 Å². The molecule has 1 aromatic heterocycles. The van der Waals surface area contributed by atoms with Crippen LogP contribution >= 0.6 is 11.3 Å². The van der Waals surface area contributed by atoms with Gasteiger partial charge in [0.2, 0.25) is 5.78 Å². The Balaban J connectivity index is 1.71. The average Bonchev–Trinajstić information content (AvgIpc) is 3.05. The third-order valence-electron chi connectivity index (χ3n) is 3.67. The Morgan fingerprint density at radius 2 is 2.30 bits per heavy atom. The molecule has 3 heterocycles. The van der Waals surface area contributed by atoms with E-state index in [1.165, 1.54) is 0 Å². The second-order valence-electron chi connectivity index (χ2n) is 5.00. The first-order chi connectivity index (χ1) is 9.45. The summed E-state index contributed by atoms with van der Waals surface area (Å²) < 4.78 is 42.9. The molecule has 8 heteroatoms. The maximum Gasteiger partial charge on any atom is 0.443 e. The van der Waals surface area contributed by atoms with E-state index in [9.17, 15) is 18.0 Å². The molecule has 0 aliphatic carbocycles. The summed E-state index contributed by atoms with van der Waals surface area (Å²) in [6.07, 6.45) is -2.05. The van der Waals surface area contributed by atoms with Crippen LogP contribution in [0.5, 0.6) is 0 Å². The van der Waals surface area contributed by atoms with Gasteiger partial charge in [-0.2, -0.15) is 13.2 Å². The van der Waals surface area contributed by atoms with Crippen LogP contribution in [0.3, 0.4) is 0 Å². The van der Waals surface area contributed by atoms with E-state index in [0.29, 0.717) is 30.5 Å². The van der Waals surface area contributed by atoms with Crippen molar-refractivity contribution in [3.05, 3.63) is 16.1 Å². The molecule has 0 aromatic carbocycles. The molecular formula is C12H13F3N2O2S. The lowest BCUT2D eigenvalue weighted by Crippen LogP contribution is -2.48. The van der Waals surface area contributed by atoms with Crippen molar-refractivity contribution in [3.63, 3.8) is 0 Å². The predicted molar refractivity (Wildman–Crippen MR) is 65.8 cm³/mol. The number of ether oxygens (including phenoxy) is 1. The fourth-order valence-electron chi connectivity index (χ4n) is 2.65. The van der Waals surface area contributed by atoms with Crippen molar-refractivity contribution >= 4 is 17.1 Å². The van der Waals surface area contributed by atoms with Gasteiger partial charge in [0.1, 0.15) is 6.10 Å². The second-order valence-corrected chi connectivity index (χ2v) is 6.04. The summed E-state index contributed by atoms with van der Waals surface area (Å²) in [4.78, 5) is 17.6. The lowest BCUT2D eigenvalue weighted by atomic mass is 10.1. The zero-order chi connectivity index (χ0) is 14.3. The quantitative estimate of drug-likeness (QED) is 0.786. The van der Waals surface area contributed by atoms with Gasteiger partial charge in [-0.05, 0) is 19.4 Å². The smallest absolute Gasteiger partial charge is 0.367 e. The normalized spacial score (nSPS) is 27.6. The first-order valence-electron chi connectivity index (χ1n) is 6.38. The molecular weight excluding hydrogens is 293 g/mol. The van der Waals surface area contributed by atoms with Crippen LogP contribution in [-0.2, 0) is 10.9 Å². The second kappa shape index (κ2) is 5.09. The van der Waals surface area contributed by atoms with Gasteiger partial charge >= 0.3 is 6.18 Å². The van der Waals surface area contributed by atoms with E-state index in [0.717, 1.165) is 25.6 Å². The number of thiazole rings is 1. The lowest BCUT2D eigenvalue weighted by Gasteiger charge is -2.34. The molecule has 0 saturated carbocycles. The van der Waals surface area contributed by atoms with Crippen molar-refractivity contribution in [1.29, 1.82) is 0 Å². The van der Waals surface area contributed by atoms with Gasteiger partial charge < -0.3 is 4.74 Å². The monoisotopic (exact) mass is 306 g/mol. The fourth-order valence-corrected chi connectivity index (χ4v) is 3.42. The van der Waals surface area contributed by atoms with Crippen molar-refractivity contribution in [2.75, 3.05) is 19.7 Å². The highest BCUT2D eigenvalue weighted by Gasteiger charge is 2.38. The topological polar surface area (TPSA) is 42.4 Å². The van der Waals surface area contributed by atoms with Gasteiger partial charge in [0.05, 0.1) is 11.5 Å². The Kier molecular flexibility index (Phi) is 3.55. The van der Waals surface area contributed by atoms with E-state index in [-0.39, 0.29) is 4.88 Å². The molecule has 2 fully saturated rings. The van der Waals surface area contributed by atoms with E-state index >= 15 is 0 Å². The van der Waals surface area contributed by atoms with Crippen LogP contribution in [0.4, 0.5) is 13.2 Å². The number of carbonyl (C=O) groups excluding carboxylic acids is 1. The Hall–Kier alpha value is -0.990. The first kappa shape index (κ1) is 14.0. The summed E-state index contributed by atoms with van der Waals surface area (Å²) >= 11 is 0.383. The molecule has 2 unspecified atom stereocenters. The van der Waals surface area contributed by atoms with Crippen molar-refractivity contribution in [1.82, 2.24) is 9.88 Å². The SMILES string of the molecule is O=C(c1cnc(C(F)(F)F)s1)C1CN2CCCC2CO1. The molecule has 1 aromatic rings. The van der Waals surface area contributed by atoms with Gasteiger partial charge in [0.25, 0.3) is 0 Å². The van der Waals surface area contributed by atoms with Gasteiger partial charge in [-0.1, -0.05) is 0 Å². The number of halogens is 3. The number of alkyl halides is 3. The predicted octanol–water partition coefficient (Wildman–Crippen LogP) is 2.21. The number of rotatable bonds is 2. The van der Waals surface area contributed by atoms with Gasteiger partial charge in [0, 0.05) is 18.8 Å². The molecule has 110 valence electrons. The largest absolute Gasteiger partial charge is 0.443 e. The number of carbonyl (C=O) groups is 1. The molecule has 0 radical (unpaired) electrons. The fraction of sp³-hybridized carbons (Fsp3) is 0.667. The molecule has 0 spiro atoms. The third-order valence-corrected chi connectivity index (χ3v) is 4.73. The summed E-state index contributed by atoms with van der Waals surface area (Å²) in [6.45, 7) is 1.86. The highest BCUT2D eigenvalue weighted by Crippen LogP contribution is 2.33. The van der Waals surface area contributed by atoms with Crippen LogP contribution in [0.15, 0.2) is 6.20 Å². The van der Waals surface area contributed by atoms with Crippen molar-refractivity contribution in [2.45, 2.75) is 31.2 Å². The Morgan fingerprint density at radius 3 is 3.00 bits per heavy atom. The molecule has 3 rings (SSSR count). The summed E-state index contributed by atoms with van der Waals surface area (Å²) in [5.41, 5.74) is 0. The van der Waals surface area contributed by atoms with Crippen LogP contribution in [0.25, 0.3) is 0 Å². The van der Waals surface area contributed by atoms with Crippen LogP contribution in [0.2, 0.25) is 0 Å². The van der Waals surface area contributed by atoms with Crippen LogP contribution in [-0.4, -0.2) is 47.5 Å². The Bertz CT molecular complexity index is 517. The van der Waals surface area contributed by atoms with Gasteiger partial charge in [-0.3, -0.25) is 9.69 Å². The number of hydrogen-bond donors (Lipinski definition) is 0. The standard InChI is InChI=1S/C12H13F3N2O2S/c13-12(14,15)11-16-4-9(20-11)10(18)8-5-17-3-1-2-7(17)6-19-8/h4,7-8H,1-3,5-6H2. The lowest BCUT2D eigenvalue weighted by molar-refractivity contribution is -0.137. The van der Waals surface area contributed by atoms with E-state index in [2.05, 4.69) is 9.88 Å². The molecule has 2 aliphatic heterocycles. The summed E-state index contributed by atoms with van der Waals surface area (Å²) in [6, 6.07) is 0.353. The van der Waals surface area contributed by atoms with Crippen molar-refractivity contribution < 1.29 is 22.7 Å². The molecule has 2 aliphatic rings. The number of morpholine rings is 1. The zero-order valence-electron chi connectivity index (χ0n) is 10.5. The number of nitrogens with zero attached hydrogens (tertiary/aromatic N) is 2. The summed E-state index contributed by atoms with van der Waals surface area (Å²) in [5, 5.41) is -0.990. The molecule has 20 heavy (non-hydrogen) atoms. The number of hydrogen-bond acceptors (Lipinski definition) is 5. The summed E-state index contributed by atoms with van der Waals surface area (Å²) in [7, 11) is 0. The maximum absolute atomic E-state index is 12.5. The Labute approximate surface area is 117 Å². The van der Waals surface area contributed by atoms with Gasteiger partial charge in [-0.15, -0.1) is 11.3 Å². The number of fused-ring (bicyclic) bond motifs is 1. The van der Waals surface area contributed by atoms with Crippen LogP contribution in [0.1, 0.15) is 27.5 Å². The molecule has 2 atom stereocenters. The third kappa shape index (κ3) is 2.59. The summed E-state index contributed by atoms with van der Waals surface area (Å²) in [5.74, 6) is -0.400. The van der Waals surface area contributed by atoms with Crippen LogP contribution in [0, 0.1) is 0 Å². The minimum Gasteiger partial charge on any atom is -0.367 e. The number of aromatic nitrogens is 1. The molecule has 2 saturated heterocycles. The minimum atomic E-state index is -4.50. The van der Waals surface area contributed by atoms with Gasteiger partial charge in [0.15, 0.2) is 5.01 Å². The highest BCUT2D eigenvalue weighted by atomic mass is 32.1. The average molecular weight is 306 g/mol. The maximum atomic E-state index is 12.5. The number of Topliss-reactive ketones (excluding diaryl/α,β-unsaturated/α-hetero) is 1. The van der Waals surface area contributed by atoms with Crippen molar-refractivity contribution in [2.24, 2.45) is 0 Å². The van der Waals surface area contributed by atoms with Crippen molar-refractivity contribution in [3.8, 4) is 0 Å². The molecule has 0 N–H and O–H groups in total. The highest BCUT2D eigenvalue weighted by molar-refractivity contribution is 7.13. The molecule has 4 nitrogen and oxygen atoms in total. The number of ketones is 1.